The van der Waals surface area contributed by atoms with Gasteiger partial charge in [-0.2, -0.15) is 0 Å². The van der Waals surface area contributed by atoms with E-state index in [2.05, 4.69) is 9.73 Å². The van der Waals surface area contributed by atoms with Gasteiger partial charge in [0.15, 0.2) is 5.76 Å². The molecule has 2 rings (SSSR count). The molecule has 2 N–H and O–H groups in total. The van der Waals surface area contributed by atoms with Gasteiger partial charge in [-0.3, -0.25) is 14.9 Å². The molecule has 1 heterocycles. The number of amides is 1. The van der Waals surface area contributed by atoms with Crippen LogP contribution in [0.3, 0.4) is 0 Å². The highest BCUT2D eigenvalue weighted by atomic mass is 19.1. The first-order valence-electron chi connectivity index (χ1n) is 5.47. The highest BCUT2D eigenvalue weighted by Crippen LogP contribution is 2.19. The minimum Gasteiger partial charge on any atom is -0.478 e. The Kier molecular flexibility index (Phi) is 3.65. The quantitative estimate of drug-likeness (QED) is 0.658. The van der Waals surface area contributed by atoms with Gasteiger partial charge in [0, 0.05) is 5.69 Å². The predicted octanol–water partition coefficient (Wildman–Crippen LogP) is 2.28. The molecule has 0 bridgehead atoms. The van der Waals surface area contributed by atoms with Crippen LogP contribution in [0.25, 0.3) is 0 Å². The second-order valence-corrected chi connectivity index (χ2v) is 3.85. The van der Waals surface area contributed by atoms with Crippen LogP contribution in [0.5, 0.6) is 0 Å². The molecule has 9 heteroatoms. The van der Waals surface area contributed by atoms with Crippen molar-refractivity contribution in [3.05, 3.63) is 57.6 Å². The van der Waals surface area contributed by atoms with Crippen LogP contribution in [0.1, 0.15) is 20.9 Å². The molecule has 0 radical (unpaired) electrons. The normalized spacial score (nSPS) is 10.1. The van der Waals surface area contributed by atoms with Gasteiger partial charge in [0.2, 0.25) is 0 Å². The van der Waals surface area contributed by atoms with Crippen LogP contribution >= 0.6 is 0 Å². The molecule has 0 aliphatic carbocycles. The number of nitro groups is 1. The van der Waals surface area contributed by atoms with Gasteiger partial charge >= 0.3 is 11.9 Å². The highest BCUT2D eigenvalue weighted by Gasteiger charge is 2.18. The van der Waals surface area contributed by atoms with E-state index in [1.54, 1.807) is 0 Å². The molecule has 0 aliphatic rings. The standard InChI is InChI=1S/C12H7FN2O6/c13-8-5-6(1-2-7(8)12(17)18)14-11(16)9-3-4-10(21-9)15(19)20/h1-5H,(H,14,16)(H,17,18). The van der Waals surface area contributed by atoms with Gasteiger partial charge in [0.05, 0.1) is 11.6 Å². The Morgan fingerprint density at radius 3 is 2.52 bits per heavy atom. The number of carboxylic acids is 1. The van der Waals surface area contributed by atoms with Crippen LogP contribution in [0, 0.1) is 15.9 Å². The number of hydrogen-bond donors (Lipinski definition) is 2. The van der Waals surface area contributed by atoms with Crippen LogP contribution in [0.2, 0.25) is 0 Å². The lowest BCUT2D eigenvalue weighted by atomic mass is 10.2. The van der Waals surface area contributed by atoms with Gasteiger partial charge in [0.1, 0.15) is 10.7 Å². The Morgan fingerprint density at radius 2 is 2.00 bits per heavy atom. The second-order valence-electron chi connectivity index (χ2n) is 3.85. The van der Waals surface area contributed by atoms with Gasteiger partial charge in [-0.25, -0.2) is 9.18 Å². The molecule has 1 amide bonds. The third-order valence-electron chi connectivity index (χ3n) is 2.45. The predicted molar refractivity (Wildman–Crippen MR) is 66.7 cm³/mol. The summed E-state index contributed by atoms with van der Waals surface area (Å²) in [7, 11) is 0. The number of rotatable bonds is 4. The molecule has 0 spiro atoms. The van der Waals surface area contributed by atoms with E-state index in [-0.39, 0.29) is 11.4 Å². The van der Waals surface area contributed by atoms with E-state index in [0.29, 0.717) is 0 Å². The van der Waals surface area contributed by atoms with Crippen molar-refractivity contribution < 1.29 is 28.4 Å². The minimum atomic E-state index is -1.44. The van der Waals surface area contributed by atoms with Crippen LogP contribution in [0.15, 0.2) is 34.7 Å². The van der Waals surface area contributed by atoms with Crippen LogP contribution < -0.4 is 5.32 Å². The van der Waals surface area contributed by atoms with E-state index in [9.17, 15) is 24.1 Å². The summed E-state index contributed by atoms with van der Waals surface area (Å²) in [5, 5.41) is 21.3. The zero-order valence-corrected chi connectivity index (χ0v) is 10.2. The number of halogens is 1. The zero-order valence-electron chi connectivity index (χ0n) is 10.2. The number of benzene rings is 1. The number of hydrogen-bond acceptors (Lipinski definition) is 5. The third kappa shape index (κ3) is 3.03. The fourth-order valence-electron chi connectivity index (χ4n) is 1.51. The van der Waals surface area contributed by atoms with Crippen molar-refractivity contribution in [1.29, 1.82) is 0 Å². The Hall–Kier alpha value is -3.23. The van der Waals surface area contributed by atoms with E-state index >= 15 is 0 Å². The summed E-state index contributed by atoms with van der Waals surface area (Å²) in [5.41, 5.74) is -0.553. The molecule has 8 nitrogen and oxygen atoms in total. The molecular formula is C12H7FN2O6. The van der Waals surface area contributed by atoms with Crippen LogP contribution in [0.4, 0.5) is 16.0 Å². The highest BCUT2D eigenvalue weighted by molar-refractivity contribution is 6.02. The summed E-state index contributed by atoms with van der Waals surface area (Å²) in [6, 6.07) is 5.08. The topological polar surface area (TPSA) is 123 Å². The molecule has 1 aromatic carbocycles. The summed E-state index contributed by atoms with van der Waals surface area (Å²) in [6.07, 6.45) is 0. The van der Waals surface area contributed by atoms with Crippen molar-refractivity contribution in [3.63, 3.8) is 0 Å². The first kappa shape index (κ1) is 14.2. The number of carbonyl (C=O) groups excluding carboxylic acids is 1. The summed E-state index contributed by atoms with van der Waals surface area (Å²) >= 11 is 0. The van der Waals surface area contributed by atoms with E-state index in [1.165, 1.54) is 6.07 Å². The lowest BCUT2D eigenvalue weighted by molar-refractivity contribution is -0.402. The monoisotopic (exact) mass is 294 g/mol. The summed E-state index contributed by atoms with van der Waals surface area (Å²) in [4.78, 5) is 32.0. The zero-order chi connectivity index (χ0) is 15.6. The van der Waals surface area contributed by atoms with Crippen molar-refractivity contribution in [2.24, 2.45) is 0 Å². The summed E-state index contributed by atoms with van der Waals surface area (Å²) < 4.78 is 18.1. The molecule has 0 aliphatic heterocycles. The average Bonchev–Trinajstić information content (AvgIpc) is 2.88. The second kappa shape index (κ2) is 5.41. The molecule has 21 heavy (non-hydrogen) atoms. The SMILES string of the molecule is O=C(Nc1ccc(C(=O)O)c(F)c1)c1ccc([N+](=O)[O-])o1. The molecular weight excluding hydrogens is 287 g/mol. The smallest absolute Gasteiger partial charge is 0.433 e. The maximum absolute atomic E-state index is 13.4. The van der Waals surface area contributed by atoms with Crippen LogP contribution in [-0.2, 0) is 0 Å². The largest absolute Gasteiger partial charge is 0.478 e. The molecule has 0 atom stereocenters. The number of nitrogens with one attached hydrogen (secondary N) is 1. The van der Waals surface area contributed by atoms with E-state index in [4.69, 9.17) is 5.11 Å². The molecule has 0 unspecified atom stereocenters. The number of carboxylic acid groups (broad SMARTS) is 1. The van der Waals surface area contributed by atoms with Gasteiger partial charge in [0.25, 0.3) is 5.91 Å². The first-order chi connectivity index (χ1) is 9.88. The number of aromatic carboxylic acids is 1. The van der Waals surface area contributed by atoms with Crippen molar-refractivity contribution in [2.75, 3.05) is 5.32 Å². The average molecular weight is 294 g/mol. The summed E-state index contributed by atoms with van der Waals surface area (Å²) in [6.45, 7) is 0. The molecule has 1 aromatic heterocycles. The maximum Gasteiger partial charge on any atom is 0.433 e. The molecule has 0 saturated carbocycles. The van der Waals surface area contributed by atoms with Crippen molar-refractivity contribution in [3.8, 4) is 0 Å². The van der Waals surface area contributed by atoms with Crippen molar-refractivity contribution >= 4 is 23.4 Å². The van der Waals surface area contributed by atoms with E-state index in [0.717, 1.165) is 24.3 Å². The van der Waals surface area contributed by atoms with Gasteiger partial charge < -0.3 is 14.8 Å². The van der Waals surface area contributed by atoms with E-state index < -0.39 is 34.1 Å². The summed E-state index contributed by atoms with van der Waals surface area (Å²) in [5.74, 6) is -4.22. The number of anilines is 1. The lowest BCUT2D eigenvalue weighted by Crippen LogP contribution is -2.11. The van der Waals surface area contributed by atoms with E-state index in [1.807, 2.05) is 0 Å². The van der Waals surface area contributed by atoms with Crippen LogP contribution in [-0.4, -0.2) is 21.9 Å². The fourth-order valence-corrected chi connectivity index (χ4v) is 1.51. The fraction of sp³-hybridized carbons (Fsp3) is 0. The Balaban J connectivity index is 2.17. The molecule has 2 aromatic rings. The minimum absolute atomic E-state index is 0.0125. The molecule has 0 fully saturated rings. The first-order valence-corrected chi connectivity index (χ1v) is 5.47. The Labute approximate surface area is 115 Å². The Morgan fingerprint density at radius 1 is 1.29 bits per heavy atom. The molecule has 108 valence electrons. The number of furan rings is 1. The Bertz CT molecular complexity index is 739. The van der Waals surface area contributed by atoms with Crippen molar-refractivity contribution in [1.82, 2.24) is 0 Å². The third-order valence-corrected chi connectivity index (χ3v) is 2.45. The maximum atomic E-state index is 13.4. The lowest BCUT2D eigenvalue weighted by Gasteiger charge is -2.04. The van der Waals surface area contributed by atoms with Gasteiger partial charge in [-0.15, -0.1) is 0 Å². The van der Waals surface area contributed by atoms with Gasteiger partial charge in [-0.1, -0.05) is 0 Å². The number of nitrogens with zero attached hydrogens (tertiary/aromatic N) is 1. The number of carbonyl (C=O) groups is 2. The van der Waals surface area contributed by atoms with Gasteiger partial charge in [-0.05, 0) is 24.3 Å². The van der Waals surface area contributed by atoms with Crippen molar-refractivity contribution in [2.45, 2.75) is 0 Å². The molecule has 0 saturated heterocycles.